The number of nitrogens with zero attached hydrogens (tertiary/aromatic N) is 2. The smallest absolute Gasteiger partial charge is 0.273 e. The molecule has 1 heterocycles. The monoisotopic (exact) mass is 524 g/mol. The number of hydrogen-bond donors (Lipinski definition) is 0. The van der Waals surface area contributed by atoms with Crippen molar-refractivity contribution >= 4 is 46.7 Å². The minimum atomic E-state index is -0.685. The first-order valence-electron chi connectivity index (χ1n) is 11.8. The molecule has 4 aliphatic carbocycles. The number of rotatable bonds is 6. The SMILES string of the molecule is COc1cccc(C(=O)CN(C(=O)c2ccc(Cl)c(Cl)c2)N2C(=O)[C@@H]3[C@@H]4C=C[C@H]([C@@H]5C[C@H]45)[C@@H]3C2=O)c1. The van der Waals surface area contributed by atoms with Crippen LogP contribution in [0.4, 0.5) is 0 Å². The third kappa shape index (κ3) is 3.48. The molecule has 6 atom stereocenters. The van der Waals surface area contributed by atoms with Crippen LogP contribution in [0.2, 0.25) is 10.0 Å². The van der Waals surface area contributed by atoms with Crippen molar-refractivity contribution in [2.45, 2.75) is 6.42 Å². The third-order valence-corrected chi connectivity index (χ3v) is 8.71. The van der Waals surface area contributed by atoms with Crippen LogP contribution in [0, 0.1) is 35.5 Å². The maximum Gasteiger partial charge on any atom is 0.273 e. The Morgan fingerprint density at radius 2 is 1.61 bits per heavy atom. The molecule has 2 saturated carbocycles. The van der Waals surface area contributed by atoms with E-state index in [9.17, 15) is 19.2 Å². The number of hydrogen-bond acceptors (Lipinski definition) is 5. The lowest BCUT2D eigenvalue weighted by atomic mass is 9.63. The fourth-order valence-electron chi connectivity index (χ4n) is 6.21. The molecule has 0 spiro atoms. The molecule has 0 aromatic heterocycles. The van der Waals surface area contributed by atoms with Crippen molar-refractivity contribution in [2.24, 2.45) is 35.5 Å². The second-order valence-corrected chi connectivity index (χ2v) is 10.6. The zero-order valence-electron chi connectivity index (χ0n) is 19.3. The van der Waals surface area contributed by atoms with Gasteiger partial charge in [0.25, 0.3) is 17.7 Å². The second kappa shape index (κ2) is 8.46. The van der Waals surface area contributed by atoms with Gasteiger partial charge in [-0.3, -0.25) is 19.2 Å². The van der Waals surface area contributed by atoms with Crippen molar-refractivity contribution in [1.29, 1.82) is 0 Å². The molecule has 1 saturated heterocycles. The van der Waals surface area contributed by atoms with Gasteiger partial charge in [-0.25, -0.2) is 5.01 Å². The zero-order chi connectivity index (χ0) is 25.3. The van der Waals surface area contributed by atoms with Crippen LogP contribution < -0.4 is 4.74 Å². The average molecular weight is 525 g/mol. The molecule has 36 heavy (non-hydrogen) atoms. The lowest BCUT2D eigenvalue weighted by Gasteiger charge is -2.37. The maximum atomic E-state index is 13.7. The molecule has 0 radical (unpaired) electrons. The molecule has 2 bridgehead atoms. The molecule has 3 amide bonds. The number of carbonyl (C=O) groups is 4. The van der Waals surface area contributed by atoms with E-state index in [1.54, 1.807) is 24.3 Å². The van der Waals surface area contributed by atoms with Crippen molar-refractivity contribution in [2.75, 3.05) is 13.7 Å². The minimum Gasteiger partial charge on any atom is -0.497 e. The lowest BCUT2D eigenvalue weighted by molar-refractivity contribution is -0.154. The Bertz CT molecular complexity index is 1320. The highest BCUT2D eigenvalue weighted by Gasteiger charge is 2.68. The summed E-state index contributed by atoms with van der Waals surface area (Å²) in [4.78, 5) is 54.5. The van der Waals surface area contributed by atoms with Crippen molar-refractivity contribution in [3.63, 3.8) is 0 Å². The van der Waals surface area contributed by atoms with Crippen LogP contribution in [0.3, 0.4) is 0 Å². The van der Waals surface area contributed by atoms with Crippen molar-refractivity contribution in [3.05, 3.63) is 75.8 Å². The van der Waals surface area contributed by atoms with Crippen LogP contribution >= 0.6 is 23.2 Å². The van der Waals surface area contributed by atoms with Gasteiger partial charge < -0.3 is 4.74 Å². The van der Waals surface area contributed by atoms with Crippen LogP contribution in [0.1, 0.15) is 27.1 Å². The van der Waals surface area contributed by atoms with Crippen molar-refractivity contribution in [1.82, 2.24) is 10.0 Å². The summed E-state index contributed by atoms with van der Waals surface area (Å²) in [6, 6.07) is 10.8. The van der Waals surface area contributed by atoms with E-state index in [0.717, 1.165) is 16.4 Å². The Morgan fingerprint density at radius 3 is 2.22 bits per heavy atom. The molecule has 1 aliphatic heterocycles. The van der Waals surface area contributed by atoms with E-state index in [1.165, 1.54) is 25.3 Å². The molecule has 7 nitrogen and oxygen atoms in total. The number of hydrazine groups is 1. The van der Waals surface area contributed by atoms with Gasteiger partial charge in [0, 0.05) is 11.1 Å². The van der Waals surface area contributed by atoms with Gasteiger partial charge in [0.15, 0.2) is 5.78 Å². The Kier molecular flexibility index (Phi) is 5.46. The molecular weight excluding hydrogens is 503 g/mol. The molecule has 2 aromatic carbocycles. The van der Waals surface area contributed by atoms with Crippen LogP contribution in [-0.2, 0) is 9.59 Å². The standard InChI is InChI=1S/C27H22Cl2N2O5/c1-36-15-4-2-3-13(9-15)22(32)12-30(25(33)14-5-8-20(28)21(29)10-14)31-26(34)23-16-6-7-17(19-11-18(16)19)24(23)27(31)35/h2-10,16-19,23-24H,11-12H2,1H3/t16-,17-,18-,19+,23-,24+/m1/s1. The predicted molar refractivity (Wildman–Crippen MR) is 131 cm³/mol. The summed E-state index contributed by atoms with van der Waals surface area (Å²) in [6.07, 6.45) is 5.14. The van der Waals surface area contributed by atoms with E-state index in [4.69, 9.17) is 27.9 Å². The summed E-state index contributed by atoms with van der Waals surface area (Å²) in [5.41, 5.74) is 0.406. The number of halogens is 2. The number of Topliss-reactive ketones (excluding diaryl/α,β-unsaturated/α-hetero) is 1. The van der Waals surface area contributed by atoms with Gasteiger partial charge in [0.1, 0.15) is 12.3 Å². The van der Waals surface area contributed by atoms with Crippen LogP contribution in [0.5, 0.6) is 5.75 Å². The number of benzene rings is 2. The molecule has 5 aliphatic rings. The molecular formula is C27H22Cl2N2O5. The number of imide groups is 1. The first-order valence-corrected chi connectivity index (χ1v) is 12.6. The number of carbonyl (C=O) groups excluding carboxylic acids is 4. The minimum absolute atomic E-state index is 0.0116. The molecule has 3 fully saturated rings. The maximum absolute atomic E-state index is 13.7. The number of allylic oxidation sites excluding steroid dienone is 2. The summed E-state index contributed by atoms with van der Waals surface area (Å²) in [7, 11) is 1.49. The summed E-state index contributed by atoms with van der Waals surface area (Å²) in [5.74, 6) is -1.72. The van der Waals surface area contributed by atoms with Crippen LogP contribution in [-0.4, -0.2) is 47.2 Å². The molecule has 0 N–H and O–H groups in total. The molecule has 7 rings (SSSR count). The van der Waals surface area contributed by atoms with E-state index in [1.807, 2.05) is 0 Å². The summed E-state index contributed by atoms with van der Waals surface area (Å²) in [6.45, 7) is -0.501. The highest BCUT2D eigenvalue weighted by molar-refractivity contribution is 6.42. The first kappa shape index (κ1) is 23.3. The van der Waals surface area contributed by atoms with E-state index < -0.39 is 41.9 Å². The number of methoxy groups -OCH3 is 1. The quantitative estimate of drug-likeness (QED) is 0.319. The average Bonchev–Trinajstić information content (AvgIpc) is 3.67. The van der Waals surface area contributed by atoms with Gasteiger partial charge in [0.05, 0.1) is 29.0 Å². The second-order valence-electron chi connectivity index (χ2n) is 9.79. The Labute approximate surface area is 217 Å². The first-order chi connectivity index (χ1) is 17.3. The van der Waals surface area contributed by atoms with Crippen LogP contribution in [0.25, 0.3) is 0 Å². The van der Waals surface area contributed by atoms with Crippen molar-refractivity contribution in [3.8, 4) is 5.75 Å². The van der Waals surface area contributed by atoms with Gasteiger partial charge in [-0.05, 0) is 60.4 Å². The Hall–Kier alpha value is -3.16. The number of amides is 3. The summed E-state index contributed by atoms with van der Waals surface area (Å²) >= 11 is 12.2. The third-order valence-electron chi connectivity index (χ3n) is 7.97. The molecule has 9 heteroatoms. The van der Waals surface area contributed by atoms with E-state index in [-0.39, 0.29) is 27.4 Å². The topological polar surface area (TPSA) is 84.0 Å². The fourth-order valence-corrected chi connectivity index (χ4v) is 6.51. The van der Waals surface area contributed by atoms with Gasteiger partial charge in [0.2, 0.25) is 0 Å². The zero-order valence-corrected chi connectivity index (χ0v) is 20.8. The van der Waals surface area contributed by atoms with Gasteiger partial charge in [-0.1, -0.05) is 47.5 Å². The van der Waals surface area contributed by atoms with Gasteiger partial charge in [-0.2, -0.15) is 5.01 Å². The summed E-state index contributed by atoms with van der Waals surface area (Å²) in [5, 5.41) is 2.29. The van der Waals surface area contributed by atoms with Gasteiger partial charge >= 0.3 is 0 Å². The van der Waals surface area contributed by atoms with Crippen molar-refractivity contribution < 1.29 is 23.9 Å². The van der Waals surface area contributed by atoms with E-state index in [2.05, 4.69) is 12.2 Å². The fraction of sp³-hybridized carbons (Fsp3) is 0.333. The Morgan fingerprint density at radius 1 is 0.944 bits per heavy atom. The highest BCUT2D eigenvalue weighted by atomic mass is 35.5. The van der Waals surface area contributed by atoms with E-state index in [0.29, 0.717) is 23.1 Å². The summed E-state index contributed by atoms with van der Waals surface area (Å²) < 4.78 is 5.21. The highest BCUT2D eigenvalue weighted by Crippen LogP contribution is 2.65. The van der Waals surface area contributed by atoms with Gasteiger partial charge in [-0.15, -0.1) is 0 Å². The molecule has 0 unspecified atom stereocenters. The lowest BCUT2D eigenvalue weighted by Crippen LogP contribution is -2.52. The van der Waals surface area contributed by atoms with Crippen LogP contribution in [0.15, 0.2) is 54.6 Å². The predicted octanol–water partition coefficient (Wildman–Crippen LogP) is 4.30. The molecule has 184 valence electrons. The number of ketones is 1. The normalized spacial score (nSPS) is 29.1. The largest absolute Gasteiger partial charge is 0.497 e. The van der Waals surface area contributed by atoms with E-state index >= 15 is 0 Å². The Balaban J connectivity index is 1.37. The number of ether oxygens (including phenoxy) is 1. The molecule has 2 aromatic rings.